The first kappa shape index (κ1) is 13.1. The Hall–Kier alpha value is -1.94. The number of anilines is 1. The highest BCUT2D eigenvalue weighted by atomic mass is 16.5. The lowest BCUT2D eigenvalue weighted by molar-refractivity contribution is 0.105. The summed E-state index contributed by atoms with van der Waals surface area (Å²) >= 11 is 0. The summed E-state index contributed by atoms with van der Waals surface area (Å²) in [6.07, 6.45) is 2.11. The number of hydrogen-bond donors (Lipinski definition) is 1. The minimum Gasteiger partial charge on any atom is -0.373 e. The first-order valence-corrected chi connectivity index (χ1v) is 7.03. The molecule has 0 saturated carbocycles. The predicted octanol–water partition coefficient (Wildman–Crippen LogP) is 3.35. The van der Waals surface area contributed by atoms with E-state index in [-0.39, 0.29) is 6.10 Å². The summed E-state index contributed by atoms with van der Waals surface area (Å²) in [5.74, 6) is 1.67. The molecule has 1 aliphatic heterocycles. The van der Waals surface area contributed by atoms with Crippen LogP contribution in [-0.2, 0) is 4.74 Å². The van der Waals surface area contributed by atoms with Gasteiger partial charge in [-0.15, -0.1) is 0 Å². The Balaban J connectivity index is 2.10. The second-order valence-corrected chi connectivity index (χ2v) is 5.02. The Morgan fingerprint density at radius 2 is 2.00 bits per heavy atom. The van der Waals surface area contributed by atoms with Gasteiger partial charge in [0.2, 0.25) is 0 Å². The largest absolute Gasteiger partial charge is 0.373 e. The molecule has 1 saturated heterocycles. The lowest BCUT2D eigenvalue weighted by atomic mass is 10.1. The molecular formula is C16H19N3O. The maximum Gasteiger partial charge on any atom is 0.160 e. The molecule has 1 aliphatic rings. The van der Waals surface area contributed by atoms with E-state index in [1.807, 2.05) is 32.2 Å². The number of nitrogens with zero attached hydrogens (tertiary/aromatic N) is 2. The normalized spacial score (nSPS) is 18.2. The van der Waals surface area contributed by atoms with Gasteiger partial charge in [0.15, 0.2) is 5.82 Å². The van der Waals surface area contributed by atoms with Crippen LogP contribution < -0.4 is 5.32 Å². The minimum atomic E-state index is 0.0326. The van der Waals surface area contributed by atoms with Crippen LogP contribution in [0.25, 0.3) is 11.3 Å². The van der Waals surface area contributed by atoms with Crippen molar-refractivity contribution in [1.29, 1.82) is 0 Å². The number of aromatic nitrogens is 2. The summed E-state index contributed by atoms with van der Waals surface area (Å²) in [7, 11) is 1.89. The smallest absolute Gasteiger partial charge is 0.160 e. The summed E-state index contributed by atoms with van der Waals surface area (Å²) in [4.78, 5) is 9.37. The zero-order valence-corrected chi connectivity index (χ0v) is 11.9. The molecule has 1 fully saturated rings. The standard InChI is InChI=1S/C16H19N3O/c1-11-14(12-7-4-3-5-8-12)18-16(19-15(11)17-2)13-9-6-10-20-13/h3-5,7-8,13H,6,9-10H2,1-2H3,(H,17,18,19). The molecule has 104 valence electrons. The molecule has 0 bridgehead atoms. The quantitative estimate of drug-likeness (QED) is 0.928. The minimum absolute atomic E-state index is 0.0326. The van der Waals surface area contributed by atoms with Crippen molar-refractivity contribution in [3.63, 3.8) is 0 Å². The third-order valence-electron chi connectivity index (χ3n) is 3.66. The van der Waals surface area contributed by atoms with E-state index in [1.165, 1.54) is 0 Å². The Morgan fingerprint density at radius 3 is 2.65 bits per heavy atom. The highest BCUT2D eigenvalue weighted by Crippen LogP contribution is 2.31. The van der Waals surface area contributed by atoms with Crippen LogP contribution in [0.5, 0.6) is 0 Å². The van der Waals surface area contributed by atoms with Gasteiger partial charge in [-0.3, -0.25) is 0 Å². The first-order chi connectivity index (χ1) is 9.79. The molecule has 0 amide bonds. The number of nitrogens with one attached hydrogen (secondary N) is 1. The molecule has 1 aromatic heterocycles. The van der Waals surface area contributed by atoms with Crippen molar-refractivity contribution in [2.24, 2.45) is 0 Å². The van der Waals surface area contributed by atoms with Crippen molar-refractivity contribution < 1.29 is 4.74 Å². The zero-order chi connectivity index (χ0) is 13.9. The highest BCUT2D eigenvalue weighted by Gasteiger charge is 2.23. The average Bonchev–Trinajstić information content (AvgIpc) is 3.03. The van der Waals surface area contributed by atoms with E-state index in [0.29, 0.717) is 0 Å². The van der Waals surface area contributed by atoms with E-state index >= 15 is 0 Å². The van der Waals surface area contributed by atoms with Gasteiger partial charge in [-0.25, -0.2) is 9.97 Å². The van der Waals surface area contributed by atoms with Crippen molar-refractivity contribution in [1.82, 2.24) is 9.97 Å². The molecule has 20 heavy (non-hydrogen) atoms. The van der Waals surface area contributed by atoms with Gasteiger partial charge in [0.25, 0.3) is 0 Å². The fraction of sp³-hybridized carbons (Fsp3) is 0.375. The third-order valence-corrected chi connectivity index (χ3v) is 3.66. The molecule has 2 heterocycles. The van der Waals surface area contributed by atoms with Crippen LogP contribution in [0.1, 0.15) is 30.3 Å². The van der Waals surface area contributed by atoms with Crippen LogP contribution in [0.3, 0.4) is 0 Å². The predicted molar refractivity (Wildman–Crippen MR) is 79.7 cm³/mol. The number of rotatable bonds is 3. The van der Waals surface area contributed by atoms with Gasteiger partial charge in [0, 0.05) is 24.8 Å². The van der Waals surface area contributed by atoms with Crippen LogP contribution >= 0.6 is 0 Å². The number of benzene rings is 1. The topological polar surface area (TPSA) is 47.0 Å². The number of hydrogen-bond acceptors (Lipinski definition) is 4. The van der Waals surface area contributed by atoms with Crippen LogP contribution in [-0.4, -0.2) is 23.6 Å². The molecule has 2 aromatic rings. The van der Waals surface area contributed by atoms with Gasteiger partial charge >= 0.3 is 0 Å². The van der Waals surface area contributed by atoms with Crippen molar-refractivity contribution in [3.8, 4) is 11.3 Å². The van der Waals surface area contributed by atoms with Crippen molar-refractivity contribution >= 4 is 5.82 Å². The van der Waals surface area contributed by atoms with Crippen LogP contribution in [0.2, 0.25) is 0 Å². The van der Waals surface area contributed by atoms with Crippen LogP contribution in [0.15, 0.2) is 30.3 Å². The van der Waals surface area contributed by atoms with Gasteiger partial charge < -0.3 is 10.1 Å². The summed E-state index contributed by atoms with van der Waals surface area (Å²) < 4.78 is 5.72. The van der Waals surface area contributed by atoms with E-state index in [1.54, 1.807) is 0 Å². The average molecular weight is 269 g/mol. The van der Waals surface area contributed by atoms with Crippen molar-refractivity contribution in [2.45, 2.75) is 25.9 Å². The maximum atomic E-state index is 5.72. The van der Waals surface area contributed by atoms with E-state index < -0.39 is 0 Å². The summed E-state index contributed by atoms with van der Waals surface area (Å²) in [5.41, 5.74) is 3.17. The van der Waals surface area contributed by atoms with Crippen molar-refractivity contribution in [2.75, 3.05) is 19.0 Å². The SMILES string of the molecule is CNc1nc(C2CCCO2)nc(-c2ccccc2)c1C. The summed E-state index contributed by atoms with van der Waals surface area (Å²) in [6.45, 7) is 2.85. The zero-order valence-electron chi connectivity index (χ0n) is 11.9. The van der Waals surface area contributed by atoms with Gasteiger partial charge in [0.05, 0.1) is 5.69 Å². The fourth-order valence-electron chi connectivity index (χ4n) is 2.58. The molecule has 0 aliphatic carbocycles. The maximum absolute atomic E-state index is 5.72. The van der Waals surface area contributed by atoms with E-state index in [4.69, 9.17) is 9.72 Å². The Morgan fingerprint density at radius 1 is 1.20 bits per heavy atom. The molecule has 0 spiro atoms. The van der Waals surface area contributed by atoms with Gasteiger partial charge in [0.1, 0.15) is 11.9 Å². The van der Waals surface area contributed by atoms with Gasteiger partial charge in [-0.05, 0) is 19.8 Å². The molecule has 1 unspecified atom stereocenters. The lowest BCUT2D eigenvalue weighted by Crippen LogP contribution is -2.09. The monoisotopic (exact) mass is 269 g/mol. The van der Waals surface area contributed by atoms with Crippen LogP contribution in [0.4, 0.5) is 5.82 Å². The fourth-order valence-corrected chi connectivity index (χ4v) is 2.58. The molecule has 1 atom stereocenters. The number of ether oxygens (including phenoxy) is 1. The Bertz CT molecular complexity index is 592. The van der Waals surface area contributed by atoms with Crippen LogP contribution in [0, 0.1) is 6.92 Å². The molecule has 0 radical (unpaired) electrons. The molecule has 4 heteroatoms. The summed E-state index contributed by atoms with van der Waals surface area (Å²) in [6, 6.07) is 10.2. The first-order valence-electron chi connectivity index (χ1n) is 7.03. The van der Waals surface area contributed by atoms with E-state index in [9.17, 15) is 0 Å². The third kappa shape index (κ3) is 2.39. The Labute approximate surface area is 119 Å². The van der Waals surface area contributed by atoms with Gasteiger partial charge in [-0.1, -0.05) is 30.3 Å². The second kappa shape index (κ2) is 5.59. The van der Waals surface area contributed by atoms with E-state index in [0.717, 1.165) is 47.9 Å². The Kier molecular flexibility index (Phi) is 3.65. The summed E-state index contributed by atoms with van der Waals surface area (Å²) in [5, 5.41) is 3.16. The molecular weight excluding hydrogens is 250 g/mol. The molecule has 4 nitrogen and oxygen atoms in total. The van der Waals surface area contributed by atoms with E-state index in [2.05, 4.69) is 22.4 Å². The molecule has 1 N–H and O–H groups in total. The lowest BCUT2D eigenvalue weighted by Gasteiger charge is -2.15. The molecule has 1 aromatic carbocycles. The second-order valence-electron chi connectivity index (χ2n) is 5.02. The van der Waals surface area contributed by atoms with Crippen molar-refractivity contribution in [3.05, 3.63) is 41.7 Å². The molecule has 3 rings (SSSR count). The highest BCUT2D eigenvalue weighted by molar-refractivity contribution is 5.68. The van der Waals surface area contributed by atoms with Gasteiger partial charge in [-0.2, -0.15) is 0 Å².